The van der Waals surface area contributed by atoms with Crippen molar-refractivity contribution >= 4 is 11.3 Å². The van der Waals surface area contributed by atoms with Crippen molar-refractivity contribution in [2.24, 2.45) is 7.05 Å². The molecule has 18 heavy (non-hydrogen) atoms. The standard InChI is InChI=1S/C13H15N3OS/c1-16-13(17)9(8-14-10-4-5-10)7-11(15-16)12-3-2-6-18-12/h2-3,6-7,10,14H,4-5,8H2,1H3. The minimum Gasteiger partial charge on any atom is -0.310 e. The normalized spacial score (nSPS) is 14.9. The fourth-order valence-electron chi connectivity index (χ4n) is 1.88. The summed E-state index contributed by atoms with van der Waals surface area (Å²) >= 11 is 1.64. The number of hydrogen-bond donors (Lipinski definition) is 1. The Labute approximate surface area is 109 Å². The molecule has 0 aliphatic heterocycles. The molecule has 4 nitrogen and oxygen atoms in total. The topological polar surface area (TPSA) is 46.9 Å². The van der Waals surface area contributed by atoms with Gasteiger partial charge in [-0.25, -0.2) is 4.68 Å². The molecular formula is C13H15N3OS. The van der Waals surface area contributed by atoms with E-state index in [9.17, 15) is 4.79 Å². The van der Waals surface area contributed by atoms with Gasteiger partial charge in [-0.1, -0.05) is 6.07 Å². The molecule has 2 aromatic rings. The van der Waals surface area contributed by atoms with Crippen molar-refractivity contribution in [2.75, 3.05) is 0 Å². The van der Waals surface area contributed by atoms with E-state index in [0.29, 0.717) is 12.6 Å². The van der Waals surface area contributed by atoms with Crippen LogP contribution in [-0.4, -0.2) is 15.8 Å². The second kappa shape index (κ2) is 4.66. The highest BCUT2D eigenvalue weighted by Crippen LogP contribution is 2.23. The fourth-order valence-corrected chi connectivity index (χ4v) is 2.56. The number of aromatic nitrogens is 2. The van der Waals surface area contributed by atoms with Gasteiger partial charge in [0.15, 0.2) is 0 Å². The average Bonchev–Trinajstić information content (AvgIpc) is 3.03. The Morgan fingerprint density at radius 3 is 3.06 bits per heavy atom. The van der Waals surface area contributed by atoms with E-state index in [-0.39, 0.29) is 5.56 Å². The SMILES string of the molecule is Cn1nc(-c2cccs2)cc(CNC2CC2)c1=O. The summed E-state index contributed by atoms with van der Waals surface area (Å²) in [6.45, 7) is 0.637. The lowest BCUT2D eigenvalue weighted by molar-refractivity contribution is 0.648. The second-order valence-electron chi connectivity index (χ2n) is 4.62. The van der Waals surface area contributed by atoms with Gasteiger partial charge in [-0.2, -0.15) is 5.10 Å². The van der Waals surface area contributed by atoms with Gasteiger partial charge in [0.25, 0.3) is 5.56 Å². The maximum Gasteiger partial charge on any atom is 0.271 e. The van der Waals surface area contributed by atoms with E-state index in [1.165, 1.54) is 17.5 Å². The lowest BCUT2D eigenvalue weighted by Gasteiger charge is -2.07. The van der Waals surface area contributed by atoms with Gasteiger partial charge in [-0.05, 0) is 30.4 Å². The van der Waals surface area contributed by atoms with Crippen molar-refractivity contribution in [3.63, 3.8) is 0 Å². The zero-order valence-electron chi connectivity index (χ0n) is 10.2. The van der Waals surface area contributed by atoms with E-state index in [0.717, 1.165) is 16.1 Å². The highest BCUT2D eigenvalue weighted by molar-refractivity contribution is 7.13. The number of hydrogen-bond acceptors (Lipinski definition) is 4. The van der Waals surface area contributed by atoms with Gasteiger partial charge in [0.05, 0.1) is 4.88 Å². The third-order valence-corrected chi connectivity index (χ3v) is 3.96. The van der Waals surface area contributed by atoms with E-state index < -0.39 is 0 Å². The summed E-state index contributed by atoms with van der Waals surface area (Å²) in [6.07, 6.45) is 2.45. The van der Waals surface area contributed by atoms with Crippen LogP contribution in [0.15, 0.2) is 28.4 Å². The molecule has 0 saturated heterocycles. The maximum atomic E-state index is 12.0. The fraction of sp³-hybridized carbons (Fsp3) is 0.385. The second-order valence-corrected chi connectivity index (χ2v) is 5.56. The number of nitrogens with one attached hydrogen (secondary N) is 1. The summed E-state index contributed by atoms with van der Waals surface area (Å²) in [6, 6.07) is 6.53. The molecule has 5 heteroatoms. The van der Waals surface area contributed by atoms with E-state index in [1.807, 2.05) is 23.6 Å². The van der Waals surface area contributed by atoms with Crippen molar-refractivity contribution in [2.45, 2.75) is 25.4 Å². The molecule has 0 atom stereocenters. The number of nitrogens with zero attached hydrogens (tertiary/aromatic N) is 2. The van der Waals surface area contributed by atoms with Crippen molar-refractivity contribution < 1.29 is 0 Å². The monoisotopic (exact) mass is 261 g/mol. The van der Waals surface area contributed by atoms with Crippen molar-refractivity contribution in [3.8, 4) is 10.6 Å². The molecule has 0 amide bonds. The predicted octanol–water partition coefficient (Wildman–Crippen LogP) is 1.76. The third kappa shape index (κ3) is 2.37. The molecule has 0 radical (unpaired) electrons. The Bertz CT molecular complexity index is 599. The Balaban J connectivity index is 1.93. The molecule has 0 unspecified atom stereocenters. The van der Waals surface area contributed by atoms with Crippen LogP contribution in [0.1, 0.15) is 18.4 Å². The first kappa shape index (κ1) is 11.6. The molecule has 0 spiro atoms. The predicted molar refractivity (Wildman–Crippen MR) is 72.7 cm³/mol. The first-order chi connectivity index (χ1) is 8.74. The minimum absolute atomic E-state index is 0.0107. The van der Waals surface area contributed by atoms with Gasteiger partial charge in [-0.15, -0.1) is 11.3 Å². The van der Waals surface area contributed by atoms with Crippen LogP contribution in [0.5, 0.6) is 0 Å². The van der Waals surface area contributed by atoms with Crippen LogP contribution < -0.4 is 10.9 Å². The quantitative estimate of drug-likeness (QED) is 0.912. The third-order valence-electron chi connectivity index (χ3n) is 3.07. The summed E-state index contributed by atoms with van der Waals surface area (Å²) in [5.41, 5.74) is 1.66. The van der Waals surface area contributed by atoms with Crippen LogP contribution >= 0.6 is 11.3 Å². The smallest absolute Gasteiger partial charge is 0.271 e. The van der Waals surface area contributed by atoms with Crippen LogP contribution in [0.2, 0.25) is 0 Å². The number of rotatable bonds is 4. The Morgan fingerprint density at radius 2 is 2.39 bits per heavy atom. The van der Waals surface area contributed by atoms with Gasteiger partial charge in [0, 0.05) is 25.2 Å². The lowest BCUT2D eigenvalue weighted by atomic mass is 10.2. The van der Waals surface area contributed by atoms with Gasteiger partial charge >= 0.3 is 0 Å². The zero-order valence-corrected chi connectivity index (χ0v) is 11.0. The molecule has 1 N–H and O–H groups in total. The van der Waals surface area contributed by atoms with Gasteiger partial charge in [-0.3, -0.25) is 4.79 Å². The summed E-state index contributed by atoms with van der Waals surface area (Å²) in [4.78, 5) is 13.1. The molecule has 1 aliphatic rings. The average molecular weight is 261 g/mol. The van der Waals surface area contributed by atoms with Crippen molar-refractivity contribution in [3.05, 3.63) is 39.5 Å². The van der Waals surface area contributed by atoms with Gasteiger partial charge in [0.2, 0.25) is 0 Å². The van der Waals surface area contributed by atoms with Crippen LogP contribution in [-0.2, 0) is 13.6 Å². The molecule has 2 heterocycles. The summed E-state index contributed by atoms with van der Waals surface area (Å²) in [5, 5.41) is 9.70. The van der Waals surface area contributed by atoms with Crippen LogP contribution in [0.4, 0.5) is 0 Å². The van der Waals surface area contributed by atoms with E-state index in [2.05, 4.69) is 10.4 Å². The number of aryl methyl sites for hydroxylation is 1. The van der Waals surface area contributed by atoms with Crippen molar-refractivity contribution in [1.29, 1.82) is 0 Å². The maximum absolute atomic E-state index is 12.0. The molecule has 1 aliphatic carbocycles. The molecule has 0 aromatic carbocycles. The molecule has 94 valence electrons. The van der Waals surface area contributed by atoms with E-state index in [1.54, 1.807) is 18.4 Å². The summed E-state index contributed by atoms with van der Waals surface area (Å²) in [5.74, 6) is 0. The van der Waals surface area contributed by atoms with Gasteiger partial charge < -0.3 is 5.32 Å². The minimum atomic E-state index is -0.0107. The van der Waals surface area contributed by atoms with Crippen LogP contribution in [0.3, 0.4) is 0 Å². The van der Waals surface area contributed by atoms with Crippen LogP contribution in [0.25, 0.3) is 10.6 Å². The summed E-state index contributed by atoms with van der Waals surface area (Å²) < 4.78 is 1.43. The molecular weight excluding hydrogens is 246 g/mol. The first-order valence-corrected chi connectivity index (χ1v) is 6.96. The summed E-state index contributed by atoms with van der Waals surface area (Å²) in [7, 11) is 1.71. The zero-order chi connectivity index (χ0) is 12.5. The molecule has 0 bridgehead atoms. The molecule has 1 saturated carbocycles. The number of thiophene rings is 1. The van der Waals surface area contributed by atoms with E-state index >= 15 is 0 Å². The largest absolute Gasteiger partial charge is 0.310 e. The molecule has 1 fully saturated rings. The van der Waals surface area contributed by atoms with E-state index in [4.69, 9.17) is 0 Å². The lowest BCUT2D eigenvalue weighted by Crippen LogP contribution is -2.28. The van der Waals surface area contributed by atoms with Gasteiger partial charge in [0.1, 0.15) is 5.69 Å². The van der Waals surface area contributed by atoms with Crippen LogP contribution in [0, 0.1) is 0 Å². The first-order valence-electron chi connectivity index (χ1n) is 6.08. The Hall–Kier alpha value is -1.46. The molecule has 3 rings (SSSR count). The Morgan fingerprint density at radius 1 is 1.56 bits per heavy atom. The highest BCUT2D eigenvalue weighted by Gasteiger charge is 2.20. The molecule has 2 aromatic heterocycles. The highest BCUT2D eigenvalue weighted by atomic mass is 32.1. The van der Waals surface area contributed by atoms with Crippen molar-refractivity contribution in [1.82, 2.24) is 15.1 Å². The Kier molecular flexibility index (Phi) is 3.01.